The van der Waals surface area contributed by atoms with Gasteiger partial charge in [0.1, 0.15) is 10.6 Å². The Kier molecular flexibility index (Phi) is 6.06. The lowest BCUT2D eigenvalue weighted by Crippen LogP contribution is -2.28. The van der Waals surface area contributed by atoms with Crippen molar-refractivity contribution in [3.05, 3.63) is 60.3 Å². The number of anilines is 1. The van der Waals surface area contributed by atoms with Crippen molar-refractivity contribution in [2.75, 3.05) is 25.0 Å². The second-order valence-electron chi connectivity index (χ2n) is 7.10. The highest BCUT2D eigenvalue weighted by molar-refractivity contribution is 7.89. The zero-order valence-electron chi connectivity index (χ0n) is 17.1. The molecule has 0 unspecified atom stereocenters. The van der Waals surface area contributed by atoms with Crippen LogP contribution < -0.4 is 10.1 Å². The summed E-state index contributed by atoms with van der Waals surface area (Å²) in [7, 11) is -3.72. The zero-order chi connectivity index (χ0) is 21.8. The van der Waals surface area contributed by atoms with Crippen molar-refractivity contribution in [3.63, 3.8) is 0 Å². The number of rotatable bonds is 7. The van der Waals surface area contributed by atoms with Gasteiger partial charge in [-0.25, -0.2) is 8.42 Å². The first-order chi connectivity index (χ1) is 15.0. The Hall–Kier alpha value is -3.17. The van der Waals surface area contributed by atoms with E-state index in [0.29, 0.717) is 31.1 Å². The maximum atomic E-state index is 13.1. The largest absolute Gasteiger partial charge is 0.492 e. The Labute approximate surface area is 180 Å². The first-order valence-corrected chi connectivity index (χ1v) is 11.5. The van der Waals surface area contributed by atoms with Crippen LogP contribution in [0.25, 0.3) is 11.3 Å². The van der Waals surface area contributed by atoms with E-state index in [0.717, 1.165) is 18.4 Å². The van der Waals surface area contributed by atoms with Gasteiger partial charge in [-0.05, 0) is 38.0 Å². The molecule has 0 bridgehead atoms. The van der Waals surface area contributed by atoms with E-state index >= 15 is 0 Å². The van der Waals surface area contributed by atoms with Crippen LogP contribution in [0.2, 0.25) is 0 Å². The van der Waals surface area contributed by atoms with Gasteiger partial charge in [0.2, 0.25) is 10.0 Å². The predicted octanol–water partition coefficient (Wildman–Crippen LogP) is 3.78. The van der Waals surface area contributed by atoms with Gasteiger partial charge < -0.3 is 14.6 Å². The number of nitrogens with zero attached hydrogens (tertiary/aromatic N) is 2. The number of nitrogens with one attached hydrogen (secondary N) is 1. The number of carbonyl (C=O) groups is 1. The number of hydrogen-bond acceptors (Lipinski definition) is 6. The summed E-state index contributed by atoms with van der Waals surface area (Å²) in [6.45, 7) is 3.07. The van der Waals surface area contributed by atoms with Crippen molar-refractivity contribution in [1.29, 1.82) is 0 Å². The van der Waals surface area contributed by atoms with E-state index in [9.17, 15) is 13.2 Å². The van der Waals surface area contributed by atoms with Gasteiger partial charge in [0.25, 0.3) is 5.91 Å². The molecule has 3 aromatic rings. The van der Waals surface area contributed by atoms with Crippen molar-refractivity contribution in [2.24, 2.45) is 0 Å². The van der Waals surface area contributed by atoms with E-state index in [1.54, 1.807) is 25.1 Å². The Morgan fingerprint density at radius 3 is 2.58 bits per heavy atom. The summed E-state index contributed by atoms with van der Waals surface area (Å²) < 4.78 is 38.5. The van der Waals surface area contributed by atoms with E-state index < -0.39 is 15.9 Å². The van der Waals surface area contributed by atoms with Crippen LogP contribution in [-0.4, -0.2) is 43.5 Å². The molecule has 1 aliphatic heterocycles. The molecule has 0 radical (unpaired) electrons. The molecule has 8 nitrogen and oxygen atoms in total. The van der Waals surface area contributed by atoms with E-state index in [1.165, 1.54) is 10.4 Å². The number of sulfonamides is 1. The second-order valence-corrected chi connectivity index (χ2v) is 9.01. The Bertz CT molecular complexity index is 1170. The van der Waals surface area contributed by atoms with Crippen molar-refractivity contribution < 1.29 is 22.5 Å². The molecule has 2 heterocycles. The first-order valence-electron chi connectivity index (χ1n) is 10.1. The van der Waals surface area contributed by atoms with Crippen molar-refractivity contribution in [1.82, 2.24) is 9.46 Å². The van der Waals surface area contributed by atoms with E-state index in [2.05, 4.69) is 10.5 Å². The Morgan fingerprint density at radius 1 is 1.13 bits per heavy atom. The number of carbonyl (C=O) groups excluding carboxylic acids is 1. The van der Waals surface area contributed by atoms with Crippen LogP contribution in [0.5, 0.6) is 5.75 Å². The van der Waals surface area contributed by atoms with Gasteiger partial charge in [0, 0.05) is 30.4 Å². The lowest BCUT2D eigenvalue weighted by molar-refractivity contribution is 0.101. The number of aromatic nitrogens is 1. The predicted molar refractivity (Wildman–Crippen MR) is 115 cm³/mol. The number of benzene rings is 2. The van der Waals surface area contributed by atoms with Crippen LogP contribution in [0, 0.1) is 0 Å². The average Bonchev–Trinajstić information content (AvgIpc) is 3.48. The fourth-order valence-electron chi connectivity index (χ4n) is 3.45. The molecule has 0 aliphatic carbocycles. The summed E-state index contributed by atoms with van der Waals surface area (Å²) in [4.78, 5) is 12.7. The summed E-state index contributed by atoms with van der Waals surface area (Å²) in [5.74, 6) is 0.231. The maximum absolute atomic E-state index is 13.1. The fourth-order valence-corrected chi connectivity index (χ4v) is 5.12. The van der Waals surface area contributed by atoms with Crippen LogP contribution in [0.4, 0.5) is 5.69 Å². The summed E-state index contributed by atoms with van der Waals surface area (Å²) in [5.41, 5.74) is 1.22. The lowest BCUT2D eigenvalue weighted by atomic mass is 10.1. The van der Waals surface area contributed by atoms with Crippen LogP contribution >= 0.6 is 0 Å². The average molecular weight is 442 g/mol. The molecule has 0 atom stereocenters. The molecule has 4 rings (SSSR count). The topological polar surface area (TPSA) is 102 Å². The van der Waals surface area contributed by atoms with E-state index in [4.69, 9.17) is 9.26 Å². The third-order valence-corrected chi connectivity index (χ3v) is 6.91. The summed E-state index contributed by atoms with van der Waals surface area (Å²) in [5, 5.41) is 6.53. The molecule has 2 aromatic carbocycles. The summed E-state index contributed by atoms with van der Waals surface area (Å²) in [6.07, 6.45) is 1.66. The molecule has 9 heteroatoms. The van der Waals surface area contributed by atoms with Gasteiger partial charge in [-0.1, -0.05) is 35.5 Å². The normalized spacial score (nSPS) is 14.5. The van der Waals surface area contributed by atoms with Gasteiger partial charge in [0.05, 0.1) is 6.61 Å². The smallest absolute Gasteiger partial charge is 0.277 e. The van der Waals surface area contributed by atoms with E-state index in [-0.39, 0.29) is 16.3 Å². The highest BCUT2D eigenvalue weighted by Gasteiger charge is 2.30. The van der Waals surface area contributed by atoms with Crippen LogP contribution in [0.1, 0.15) is 30.3 Å². The fraction of sp³-hybridized carbons (Fsp3) is 0.273. The lowest BCUT2D eigenvalue weighted by Gasteiger charge is -2.19. The molecule has 1 N–H and O–H groups in total. The van der Waals surface area contributed by atoms with Crippen molar-refractivity contribution >= 4 is 21.6 Å². The first kappa shape index (κ1) is 21.1. The maximum Gasteiger partial charge on any atom is 0.277 e. The number of amides is 1. The highest BCUT2D eigenvalue weighted by atomic mass is 32.2. The Morgan fingerprint density at radius 2 is 1.87 bits per heavy atom. The van der Waals surface area contributed by atoms with E-state index in [1.807, 2.05) is 30.3 Å². The number of ether oxygens (including phenoxy) is 1. The minimum atomic E-state index is -3.72. The molecule has 1 aromatic heterocycles. The zero-order valence-corrected chi connectivity index (χ0v) is 17.9. The molecule has 31 heavy (non-hydrogen) atoms. The summed E-state index contributed by atoms with van der Waals surface area (Å²) in [6, 6.07) is 15.4. The molecule has 1 amide bonds. The van der Waals surface area contributed by atoms with Gasteiger partial charge >= 0.3 is 0 Å². The summed E-state index contributed by atoms with van der Waals surface area (Å²) >= 11 is 0. The molecule has 1 aliphatic rings. The van der Waals surface area contributed by atoms with Crippen molar-refractivity contribution in [3.8, 4) is 17.1 Å². The van der Waals surface area contributed by atoms with Crippen molar-refractivity contribution in [2.45, 2.75) is 24.7 Å². The quantitative estimate of drug-likeness (QED) is 0.599. The molecule has 162 valence electrons. The van der Waals surface area contributed by atoms with Gasteiger partial charge in [0.15, 0.2) is 11.5 Å². The molecular weight excluding hydrogens is 418 g/mol. The minimum absolute atomic E-state index is 0.0409. The number of hydrogen-bond donors (Lipinski definition) is 1. The molecule has 1 fully saturated rings. The molecular formula is C22H23N3O5S. The highest BCUT2D eigenvalue weighted by Crippen LogP contribution is 2.32. The third-order valence-electron chi connectivity index (χ3n) is 4.99. The molecule has 1 saturated heterocycles. The minimum Gasteiger partial charge on any atom is -0.492 e. The van der Waals surface area contributed by atoms with Crippen LogP contribution in [-0.2, 0) is 10.0 Å². The van der Waals surface area contributed by atoms with Gasteiger partial charge in [-0.15, -0.1) is 0 Å². The monoisotopic (exact) mass is 441 g/mol. The van der Waals surface area contributed by atoms with Gasteiger partial charge in [-0.3, -0.25) is 4.79 Å². The third kappa shape index (κ3) is 4.47. The SMILES string of the molecule is CCOc1ccc(NC(=O)c2cc(-c3ccccc3)on2)cc1S(=O)(=O)N1CCCC1. The standard InChI is InChI=1S/C22H23N3O5S/c1-2-29-19-11-10-17(14-21(19)31(27,28)25-12-6-7-13-25)23-22(26)18-15-20(30-24-18)16-8-4-3-5-9-16/h3-5,8-11,14-15H,2,6-7,12-13H2,1H3,(H,23,26). The molecule has 0 saturated carbocycles. The Balaban J connectivity index is 1.59. The van der Waals surface area contributed by atoms with Crippen LogP contribution in [0.15, 0.2) is 64.0 Å². The van der Waals surface area contributed by atoms with Crippen LogP contribution in [0.3, 0.4) is 0 Å². The molecule has 0 spiro atoms. The second kappa shape index (κ2) is 8.91. The van der Waals surface area contributed by atoms with Gasteiger partial charge in [-0.2, -0.15) is 4.31 Å².